The average Bonchev–Trinajstić information content (AvgIpc) is 3.14. The molecule has 1 amide bonds. The standard InChI is InChI=1S/C19H21N3O2/c23-18-14-24-17-9-6-10-20-19(17)22(18)16(13-21-11-4-5-12-21)15-7-2-1-3-8-15/h1-3,6-10,16H,4-5,11-14H2. The van der Waals surface area contributed by atoms with Crippen molar-refractivity contribution in [2.45, 2.75) is 18.9 Å². The van der Waals surface area contributed by atoms with E-state index in [0.717, 1.165) is 25.2 Å². The Kier molecular flexibility index (Phi) is 4.17. The van der Waals surface area contributed by atoms with Crippen LogP contribution in [0.15, 0.2) is 48.7 Å². The Labute approximate surface area is 141 Å². The maximum absolute atomic E-state index is 12.7. The molecule has 1 fully saturated rings. The number of anilines is 1. The number of aromatic nitrogens is 1. The first-order chi connectivity index (χ1) is 11.8. The predicted octanol–water partition coefficient (Wildman–Crippen LogP) is 2.64. The van der Waals surface area contributed by atoms with E-state index in [4.69, 9.17) is 4.74 Å². The molecule has 2 aliphatic rings. The number of hydrogen-bond acceptors (Lipinski definition) is 4. The van der Waals surface area contributed by atoms with Crippen molar-refractivity contribution in [3.63, 3.8) is 0 Å². The third kappa shape index (κ3) is 2.87. The van der Waals surface area contributed by atoms with Gasteiger partial charge in [0.25, 0.3) is 5.91 Å². The number of carbonyl (C=O) groups is 1. The van der Waals surface area contributed by atoms with Crippen LogP contribution in [0.2, 0.25) is 0 Å². The molecule has 5 heteroatoms. The topological polar surface area (TPSA) is 45.7 Å². The molecule has 124 valence electrons. The van der Waals surface area contributed by atoms with Crippen molar-refractivity contribution in [1.29, 1.82) is 0 Å². The van der Waals surface area contributed by atoms with Gasteiger partial charge in [-0.1, -0.05) is 30.3 Å². The third-order valence-electron chi connectivity index (χ3n) is 4.72. The zero-order chi connectivity index (χ0) is 16.4. The second-order valence-corrected chi connectivity index (χ2v) is 6.31. The summed E-state index contributed by atoms with van der Waals surface area (Å²) in [6.45, 7) is 3.08. The highest BCUT2D eigenvalue weighted by molar-refractivity contribution is 5.97. The van der Waals surface area contributed by atoms with E-state index < -0.39 is 0 Å². The summed E-state index contributed by atoms with van der Waals surface area (Å²) in [6, 6.07) is 13.9. The van der Waals surface area contributed by atoms with Crippen LogP contribution in [0.1, 0.15) is 24.4 Å². The third-order valence-corrected chi connectivity index (χ3v) is 4.72. The minimum atomic E-state index is -0.0469. The number of benzene rings is 1. The second kappa shape index (κ2) is 6.61. The van der Waals surface area contributed by atoms with E-state index in [-0.39, 0.29) is 18.6 Å². The largest absolute Gasteiger partial charge is 0.480 e. The number of nitrogens with zero attached hydrogens (tertiary/aromatic N) is 3. The maximum atomic E-state index is 12.7. The van der Waals surface area contributed by atoms with E-state index in [9.17, 15) is 4.79 Å². The van der Waals surface area contributed by atoms with Crippen molar-refractivity contribution in [3.05, 3.63) is 54.2 Å². The Morgan fingerprint density at radius 3 is 2.67 bits per heavy atom. The van der Waals surface area contributed by atoms with Crippen molar-refractivity contribution in [1.82, 2.24) is 9.88 Å². The van der Waals surface area contributed by atoms with Gasteiger partial charge in [-0.25, -0.2) is 4.98 Å². The smallest absolute Gasteiger partial charge is 0.266 e. The summed E-state index contributed by atoms with van der Waals surface area (Å²) in [4.78, 5) is 21.4. The van der Waals surface area contributed by atoms with Gasteiger partial charge >= 0.3 is 0 Å². The molecule has 0 spiro atoms. The van der Waals surface area contributed by atoms with Crippen molar-refractivity contribution in [3.8, 4) is 5.75 Å². The number of carbonyl (C=O) groups excluding carboxylic acids is 1. The Hall–Kier alpha value is -2.40. The van der Waals surface area contributed by atoms with Crippen LogP contribution in [-0.2, 0) is 4.79 Å². The molecule has 4 rings (SSSR count). The van der Waals surface area contributed by atoms with Crippen molar-refractivity contribution in [2.24, 2.45) is 0 Å². The molecule has 2 aliphatic heterocycles. The number of fused-ring (bicyclic) bond motifs is 1. The van der Waals surface area contributed by atoms with Crippen LogP contribution in [0, 0.1) is 0 Å². The summed E-state index contributed by atoms with van der Waals surface area (Å²) >= 11 is 0. The van der Waals surface area contributed by atoms with Crippen LogP contribution in [-0.4, -0.2) is 42.0 Å². The van der Waals surface area contributed by atoms with Gasteiger partial charge in [-0.15, -0.1) is 0 Å². The van der Waals surface area contributed by atoms with Crippen molar-refractivity contribution >= 4 is 11.7 Å². The number of pyridine rings is 1. The number of likely N-dealkylation sites (tertiary alicyclic amines) is 1. The fourth-order valence-corrected chi connectivity index (χ4v) is 3.55. The van der Waals surface area contributed by atoms with Gasteiger partial charge in [0.2, 0.25) is 0 Å². The first kappa shape index (κ1) is 15.1. The van der Waals surface area contributed by atoms with Crippen LogP contribution in [0.3, 0.4) is 0 Å². The van der Waals surface area contributed by atoms with Gasteiger partial charge < -0.3 is 9.64 Å². The molecule has 5 nitrogen and oxygen atoms in total. The monoisotopic (exact) mass is 323 g/mol. The summed E-state index contributed by atoms with van der Waals surface area (Å²) < 4.78 is 5.55. The zero-order valence-corrected chi connectivity index (χ0v) is 13.6. The molecule has 24 heavy (non-hydrogen) atoms. The average molecular weight is 323 g/mol. The summed E-state index contributed by atoms with van der Waals surface area (Å²) in [7, 11) is 0. The van der Waals surface area contributed by atoms with E-state index in [1.807, 2.05) is 35.2 Å². The molecule has 0 radical (unpaired) electrons. The highest BCUT2D eigenvalue weighted by Gasteiger charge is 2.35. The van der Waals surface area contributed by atoms with Gasteiger partial charge in [-0.05, 0) is 43.6 Å². The molecule has 0 saturated carbocycles. The first-order valence-corrected chi connectivity index (χ1v) is 8.50. The molecule has 3 heterocycles. The highest BCUT2D eigenvalue weighted by Crippen LogP contribution is 2.36. The fourth-order valence-electron chi connectivity index (χ4n) is 3.55. The van der Waals surface area contributed by atoms with Crippen LogP contribution in [0.5, 0.6) is 5.75 Å². The fraction of sp³-hybridized carbons (Fsp3) is 0.368. The number of hydrogen-bond donors (Lipinski definition) is 0. The molecular weight excluding hydrogens is 302 g/mol. The summed E-state index contributed by atoms with van der Waals surface area (Å²) in [5.41, 5.74) is 1.14. The van der Waals surface area contributed by atoms with Crippen LogP contribution in [0.4, 0.5) is 5.82 Å². The van der Waals surface area contributed by atoms with E-state index in [0.29, 0.717) is 11.6 Å². The summed E-state index contributed by atoms with van der Waals surface area (Å²) in [5, 5.41) is 0. The molecule has 1 aromatic carbocycles. The van der Waals surface area contributed by atoms with E-state index in [1.54, 1.807) is 6.20 Å². The first-order valence-electron chi connectivity index (χ1n) is 8.50. The Bertz CT molecular complexity index is 714. The van der Waals surface area contributed by atoms with Gasteiger partial charge in [0.1, 0.15) is 0 Å². The van der Waals surface area contributed by atoms with E-state index in [1.165, 1.54) is 12.8 Å². The maximum Gasteiger partial charge on any atom is 0.266 e. The molecular formula is C19H21N3O2. The lowest BCUT2D eigenvalue weighted by Gasteiger charge is -2.36. The zero-order valence-electron chi connectivity index (χ0n) is 13.6. The van der Waals surface area contributed by atoms with Gasteiger partial charge in [-0.2, -0.15) is 0 Å². The molecule has 1 saturated heterocycles. The van der Waals surface area contributed by atoms with Gasteiger partial charge in [0.05, 0.1) is 6.04 Å². The molecule has 0 aliphatic carbocycles. The Morgan fingerprint density at radius 1 is 1.08 bits per heavy atom. The molecule has 1 atom stereocenters. The molecule has 1 aromatic heterocycles. The lowest BCUT2D eigenvalue weighted by atomic mass is 10.0. The summed E-state index contributed by atoms with van der Waals surface area (Å²) in [6.07, 6.45) is 4.17. The normalized spacial score (nSPS) is 19.0. The van der Waals surface area contributed by atoms with E-state index in [2.05, 4.69) is 22.0 Å². The van der Waals surface area contributed by atoms with Crippen LogP contribution in [0.25, 0.3) is 0 Å². The van der Waals surface area contributed by atoms with Crippen LogP contribution >= 0.6 is 0 Å². The number of amides is 1. The van der Waals surface area contributed by atoms with Crippen LogP contribution < -0.4 is 9.64 Å². The Balaban J connectivity index is 1.73. The second-order valence-electron chi connectivity index (χ2n) is 6.31. The van der Waals surface area contributed by atoms with Gasteiger partial charge in [0.15, 0.2) is 18.2 Å². The summed E-state index contributed by atoms with van der Waals surface area (Å²) in [5.74, 6) is 1.27. The lowest BCUT2D eigenvalue weighted by Crippen LogP contribution is -2.45. The van der Waals surface area contributed by atoms with Gasteiger partial charge in [0, 0.05) is 12.7 Å². The highest BCUT2D eigenvalue weighted by atomic mass is 16.5. The number of rotatable bonds is 4. The Morgan fingerprint density at radius 2 is 1.88 bits per heavy atom. The SMILES string of the molecule is O=C1COc2cccnc2N1C(CN1CCCC1)c1ccccc1. The minimum absolute atomic E-state index is 0.0331. The quantitative estimate of drug-likeness (QED) is 0.868. The molecule has 0 N–H and O–H groups in total. The predicted molar refractivity (Wildman–Crippen MR) is 92.1 cm³/mol. The van der Waals surface area contributed by atoms with Crippen molar-refractivity contribution < 1.29 is 9.53 Å². The molecule has 0 bridgehead atoms. The van der Waals surface area contributed by atoms with Gasteiger partial charge in [-0.3, -0.25) is 9.69 Å². The van der Waals surface area contributed by atoms with Crippen molar-refractivity contribution in [2.75, 3.05) is 31.1 Å². The minimum Gasteiger partial charge on any atom is -0.480 e. The molecule has 1 unspecified atom stereocenters. The molecule has 2 aromatic rings. The number of ether oxygens (including phenoxy) is 1. The lowest BCUT2D eigenvalue weighted by molar-refractivity contribution is -0.122. The van der Waals surface area contributed by atoms with E-state index >= 15 is 0 Å².